The zero-order chi connectivity index (χ0) is 18.4. The molecule has 0 unspecified atom stereocenters. The Morgan fingerprint density at radius 3 is 2.85 bits per heavy atom. The van der Waals surface area contributed by atoms with Crippen LogP contribution in [-0.2, 0) is 17.6 Å². The van der Waals surface area contributed by atoms with Crippen molar-refractivity contribution in [2.45, 2.75) is 46.0 Å². The molecule has 142 valence electrons. The third-order valence-corrected chi connectivity index (χ3v) is 5.33. The van der Waals surface area contributed by atoms with Gasteiger partial charge in [0.05, 0.1) is 19.6 Å². The molecule has 0 spiro atoms. The van der Waals surface area contributed by atoms with E-state index in [4.69, 9.17) is 9.15 Å². The van der Waals surface area contributed by atoms with Crippen LogP contribution in [0.25, 0.3) is 11.0 Å². The number of fused-ring (bicyclic) bond motifs is 3. The molecule has 0 radical (unpaired) electrons. The zero-order valence-electron chi connectivity index (χ0n) is 16.0. The number of quaternary nitrogens is 1. The van der Waals surface area contributed by atoms with E-state index in [0.717, 1.165) is 61.4 Å². The fourth-order valence-electron chi connectivity index (χ4n) is 3.70. The molecule has 2 aromatic rings. The standard InChI is InChI=1S/C21H30N2O3/c1-3-23(4-2)13-7-12-22-21(24)15-25-16-10-11-20-18(14-16)17-8-5-6-9-19(17)26-20/h10-11,14H,3-9,12-13,15H2,1-2H3,(H,22,24)/p+1. The van der Waals surface area contributed by atoms with Crippen molar-refractivity contribution in [3.05, 3.63) is 29.5 Å². The van der Waals surface area contributed by atoms with Gasteiger partial charge in [0.1, 0.15) is 17.1 Å². The van der Waals surface area contributed by atoms with Crippen molar-refractivity contribution in [3.8, 4) is 5.75 Å². The molecule has 0 atom stereocenters. The van der Waals surface area contributed by atoms with Crippen LogP contribution in [-0.4, -0.2) is 38.7 Å². The molecule has 5 nitrogen and oxygen atoms in total. The molecule has 1 amide bonds. The molecule has 0 bridgehead atoms. The van der Waals surface area contributed by atoms with Crippen molar-refractivity contribution < 1.29 is 18.8 Å². The summed E-state index contributed by atoms with van der Waals surface area (Å²) >= 11 is 0. The van der Waals surface area contributed by atoms with E-state index in [2.05, 4.69) is 19.2 Å². The van der Waals surface area contributed by atoms with Crippen LogP contribution < -0.4 is 15.0 Å². The van der Waals surface area contributed by atoms with E-state index < -0.39 is 0 Å². The minimum Gasteiger partial charge on any atom is -0.484 e. The van der Waals surface area contributed by atoms with Gasteiger partial charge in [-0.25, -0.2) is 0 Å². The van der Waals surface area contributed by atoms with Gasteiger partial charge in [-0.3, -0.25) is 4.79 Å². The predicted molar refractivity (Wildman–Crippen MR) is 103 cm³/mol. The maximum absolute atomic E-state index is 12.0. The smallest absolute Gasteiger partial charge is 0.257 e. The van der Waals surface area contributed by atoms with Crippen molar-refractivity contribution in [2.75, 3.05) is 32.8 Å². The highest BCUT2D eigenvalue weighted by atomic mass is 16.5. The van der Waals surface area contributed by atoms with Crippen molar-refractivity contribution in [2.24, 2.45) is 0 Å². The first-order valence-corrected chi connectivity index (χ1v) is 9.98. The van der Waals surface area contributed by atoms with Crippen LogP contribution >= 0.6 is 0 Å². The van der Waals surface area contributed by atoms with Gasteiger partial charge < -0.3 is 19.4 Å². The lowest BCUT2D eigenvalue weighted by Crippen LogP contribution is -3.11. The molecule has 0 saturated heterocycles. The Kier molecular flexibility index (Phi) is 6.56. The number of carbonyl (C=O) groups excluding carboxylic acids is 1. The van der Waals surface area contributed by atoms with E-state index in [9.17, 15) is 4.79 Å². The van der Waals surface area contributed by atoms with E-state index in [1.807, 2.05) is 18.2 Å². The van der Waals surface area contributed by atoms with Gasteiger partial charge in [0.2, 0.25) is 0 Å². The maximum Gasteiger partial charge on any atom is 0.257 e. The first kappa shape index (κ1) is 18.8. The molecule has 0 aliphatic heterocycles. The summed E-state index contributed by atoms with van der Waals surface area (Å²) in [4.78, 5) is 13.5. The second-order valence-electron chi connectivity index (χ2n) is 7.07. The molecular formula is C21H31N2O3+. The van der Waals surface area contributed by atoms with Crippen LogP contribution in [0.4, 0.5) is 0 Å². The SMILES string of the molecule is CC[NH+](CC)CCCNC(=O)COc1ccc2oc3c(c2c1)CCCC3. The van der Waals surface area contributed by atoms with Gasteiger partial charge in [-0.15, -0.1) is 0 Å². The summed E-state index contributed by atoms with van der Waals surface area (Å²) in [5.41, 5.74) is 2.24. The lowest BCUT2D eigenvalue weighted by atomic mass is 9.96. The van der Waals surface area contributed by atoms with E-state index >= 15 is 0 Å². The van der Waals surface area contributed by atoms with Gasteiger partial charge >= 0.3 is 0 Å². The van der Waals surface area contributed by atoms with E-state index in [1.165, 1.54) is 18.4 Å². The highest BCUT2D eigenvalue weighted by molar-refractivity contribution is 5.84. The summed E-state index contributed by atoms with van der Waals surface area (Å²) < 4.78 is 11.6. The average molecular weight is 359 g/mol. The monoisotopic (exact) mass is 359 g/mol. The molecule has 1 aliphatic rings. The number of ether oxygens (including phenoxy) is 1. The average Bonchev–Trinajstić information content (AvgIpc) is 3.04. The summed E-state index contributed by atoms with van der Waals surface area (Å²) in [5, 5.41) is 4.08. The van der Waals surface area contributed by atoms with Gasteiger partial charge in [-0.2, -0.15) is 0 Å². The lowest BCUT2D eigenvalue weighted by Gasteiger charge is -2.15. The number of hydrogen-bond acceptors (Lipinski definition) is 3. The van der Waals surface area contributed by atoms with E-state index in [1.54, 1.807) is 4.90 Å². The van der Waals surface area contributed by atoms with Crippen LogP contribution in [0.5, 0.6) is 5.75 Å². The highest BCUT2D eigenvalue weighted by Crippen LogP contribution is 2.33. The minimum absolute atomic E-state index is 0.0592. The fourth-order valence-corrected chi connectivity index (χ4v) is 3.70. The van der Waals surface area contributed by atoms with Crippen molar-refractivity contribution in [1.82, 2.24) is 5.32 Å². The molecule has 1 aromatic heterocycles. The third-order valence-electron chi connectivity index (χ3n) is 5.33. The Morgan fingerprint density at radius 2 is 2.04 bits per heavy atom. The van der Waals surface area contributed by atoms with Gasteiger partial charge in [0, 0.05) is 30.3 Å². The van der Waals surface area contributed by atoms with Crippen LogP contribution in [0.15, 0.2) is 22.6 Å². The van der Waals surface area contributed by atoms with Crippen LogP contribution in [0, 0.1) is 0 Å². The van der Waals surface area contributed by atoms with E-state index in [0.29, 0.717) is 6.54 Å². The predicted octanol–water partition coefficient (Wildman–Crippen LogP) is 2.12. The van der Waals surface area contributed by atoms with Crippen molar-refractivity contribution >= 4 is 16.9 Å². The number of amides is 1. The zero-order valence-corrected chi connectivity index (χ0v) is 16.0. The first-order chi connectivity index (χ1) is 12.7. The number of benzene rings is 1. The number of nitrogens with one attached hydrogen (secondary N) is 2. The van der Waals surface area contributed by atoms with Gasteiger partial charge in [-0.05, 0) is 51.3 Å². The molecule has 0 fully saturated rings. The second kappa shape index (κ2) is 9.08. The lowest BCUT2D eigenvalue weighted by molar-refractivity contribution is -0.896. The van der Waals surface area contributed by atoms with Crippen LogP contribution in [0.3, 0.4) is 0 Å². The normalized spacial score (nSPS) is 13.8. The van der Waals surface area contributed by atoms with Crippen molar-refractivity contribution in [3.63, 3.8) is 0 Å². The fraction of sp³-hybridized carbons (Fsp3) is 0.571. The number of rotatable bonds is 9. The summed E-state index contributed by atoms with van der Waals surface area (Å²) in [5.74, 6) is 1.79. The Bertz CT molecular complexity index is 734. The van der Waals surface area contributed by atoms with Crippen LogP contribution in [0.1, 0.15) is 44.4 Å². The number of hydrogen-bond donors (Lipinski definition) is 2. The molecule has 3 rings (SSSR count). The number of furan rings is 1. The van der Waals surface area contributed by atoms with Gasteiger partial charge in [0.15, 0.2) is 6.61 Å². The molecule has 5 heteroatoms. The maximum atomic E-state index is 12.0. The topological polar surface area (TPSA) is 55.9 Å². The Balaban J connectivity index is 1.47. The molecular weight excluding hydrogens is 328 g/mol. The summed E-state index contributed by atoms with van der Waals surface area (Å²) in [7, 11) is 0. The van der Waals surface area contributed by atoms with Crippen LogP contribution in [0.2, 0.25) is 0 Å². The number of carbonyl (C=O) groups is 1. The molecule has 1 heterocycles. The summed E-state index contributed by atoms with van der Waals surface area (Å²) in [6.07, 6.45) is 5.50. The number of aryl methyl sites for hydroxylation is 2. The van der Waals surface area contributed by atoms with Gasteiger partial charge in [0.25, 0.3) is 5.91 Å². The molecule has 1 aromatic carbocycles. The molecule has 26 heavy (non-hydrogen) atoms. The minimum atomic E-state index is -0.0612. The first-order valence-electron chi connectivity index (χ1n) is 9.98. The Hall–Kier alpha value is -2.01. The molecule has 0 saturated carbocycles. The largest absolute Gasteiger partial charge is 0.484 e. The van der Waals surface area contributed by atoms with Gasteiger partial charge in [-0.1, -0.05) is 0 Å². The molecule has 1 aliphatic carbocycles. The summed E-state index contributed by atoms with van der Waals surface area (Å²) in [6, 6.07) is 5.85. The Morgan fingerprint density at radius 1 is 1.23 bits per heavy atom. The molecule has 2 N–H and O–H groups in total. The van der Waals surface area contributed by atoms with Crippen molar-refractivity contribution in [1.29, 1.82) is 0 Å². The summed E-state index contributed by atoms with van der Waals surface area (Å²) in [6.45, 7) is 8.51. The second-order valence-corrected chi connectivity index (χ2v) is 7.07. The third kappa shape index (κ3) is 4.58. The van der Waals surface area contributed by atoms with E-state index in [-0.39, 0.29) is 12.5 Å². The quantitative estimate of drug-likeness (QED) is 0.675. The Labute approximate surface area is 155 Å². The highest BCUT2D eigenvalue weighted by Gasteiger charge is 2.18.